The molecule has 0 radical (unpaired) electrons. The van der Waals surface area contributed by atoms with Crippen LogP contribution >= 0.6 is 11.3 Å². The summed E-state index contributed by atoms with van der Waals surface area (Å²) in [6, 6.07) is 8.25. The van der Waals surface area contributed by atoms with Crippen molar-refractivity contribution in [3.8, 4) is 16.9 Å². The molecular weight excluding hydrogens is 244 g/mol. The number of methoxy groups -OCH3 is 1. The molecule has 2 aromatic heterocycles. The van der Waals surface area contributed by atoms with E-state index in [4.69, 9.17) is 4.74 Å². The number of fused-ring (bicyclic) bond motifs is 1. The molecule has 0 unspecified atom stereocenters. The maximum absolute atomic E-state index is 5.34. The van der Waals surface area contributed by atoms with Gasteiger partial charge < -0.3 is 4.74 Å². The lowest BCUT2D eigenvalue weighted by Crippen LogP contribution is -1.88. The number of aryl methyl sites for hydroxylation is 1. The zero-order chi connectivity index (χ0) is 12.5. The van der Waals surface area contributed by atoms with Crippen LogP contribution < -0.4 is 4.74 Å². The zero-order valence-electron chi connectivity index (χ0n) is 10.2. The van der Waals surface area contributed by atoms with E-state index in [0.29, 0.717) is 0 Å². The van der Waals surface area contributed by atoms with E-state index in [1.165, 1.54) is 4.70 Å². The van der Waals surface area contributed by atoms with Crippen LogP contribution in [0.3, 0.4) is 0 Å². The lowest BCUT2D eigenvalue weighted by molar-refractivity contribution is 0.414. The van der Waals surface area contributed by atoms with Crippen LogP contribution in [0.5, 0.6) is 5.75 Å². The number of hydrogen-bond acceptors (Lipinski definition) is 4. The summed E-state index contributed by atoms with van der Waals surface area (Å²) < 4.78 is 6.55. The van der Waals surface area contributed by atoms with E-state index in [-0.39, 0.29) is 0 Å². The smallest absolute Gasteiger partial charge is 0.144 e. The minimum Gasteiger partial charge on any atom is -0.494 e. The summed E-state index contributed by atoms with van der Waals surface area (Å²) in [5.41, 5.74) is 3.18. The van der Waals surface area contributed by atoms with Gasteiger partial charge in [0.2, 0.25) is 0 Å². The minimum atomic E-state index is 0.781. The highest BCUT2D eigenvalue weighted by Gasteiger charge is 2.07. The number of ether oxygens (including phenoxy) is 1. The van der Waals surface area contributed by atoms with Crippen LogP contribution in [0.4, 0.5) is 0 Å². The summed E-state index contributed by atoms with van der Waals surface area (Å²) >= 11 is 1.71. The fourth-order valence-electron chi connectivity index (χ4n) is 1.99. The molecule has 18 heavy (non-hydrogen) atoms. The lowest BCUT2D eigenvalue weighted by atomic mass is 10.1. The second-order valence-electron chi connectivity index (χ2n) is 3.99. The predicted molar refractivity (Wildman–Crippen MR) is 74.1 cm³/mol. The van der Waals surface area contributed by atoms with Gasteiger partial charge in [-0.3, -0.25) is 4.98 Å². The molecule has 0 saturated heterocycles. The Bertz CT molecular complexity index is 706. The van der Waals surface area contributed by atoms with Gasteiger partial charge in [-0.1, -0.05) is 6.07 Å². The maximum Gasteiger partial charge on any atom is 0.144 e. The predicted octanol–water partition coefficient (Wildman–Crippen LogP) is 3.68. The number of rotatable bonds is 2. The Morgan fingerprint density at radius 3 is 2.94 bits per heavy atom. The van der Waals surface area contributed by atoms with E-state index < -0.39 is 0 Å². The van der Waals surface area contributed by atoms with Crippen molar-refractivity contribution in [3.63, 3.8) is 0 Å². The highest BCUT2D eigenvalue weighted by Crippen LogP contribution is 2.32. The second kappa shape index (κ2) is 4.38. The van der Waals surface area contributed by atoms with Crippen molar-refractivity contribution in [3.05, 3.63) is 41.7 Å². The molecule has 0 saturated carbocycles. The molecule has 0 atom stereocenters. The second-order valence-corrected chi connectivity index (χ2v) is 5.23. The first kappa shape index (κ1) is 11.2. The molecule has 1 aromatic carbocycles. The number of hydrogen-bond donors (Lipinski definition) is 0. The molecule has 90 valence electrons. The Balaban J connectivity index is 2.18. The third kappa shape index (κ3) is 1.84. The van der Waals surface area contributed by atoms with E-state index in [1.807, 2.05) is 13.0 Å². The van der Waals surface area contributed by atoms with Crippen LogP contribution in [0.25, 0.3) is 21.3 Å². The van der Waals surface area contributed by atoms with Crippen molar-refractivity contribution in [1.29, 1.82) is 0 Å². The maximum atomic E-state index is 5.34. The van der Waals surface area contributed by atoms with Crippen LogP contribution in [0.2, 0.25) is 0 Å². The Morgan fingerprint density at radius 1 is 1.22 bits per heavy atom. The monoisotopic (exact) mass is 256 g/mol. The quantitative estimate of drug-likeness (QED) is 0.701. The fraction of sp³-hybridized carbons (Fsp3) is 0.143. The average Bonchev–Trinajstić information content (AvgIpc) is 2.77. The van der Waals surface area contributed by atoms with Crippen LogP contribution in [0, 0.1) is 6.92 Å². The largest absolute Gasteiger partial charge is 0.494 e. The molecule has 4 heteroatoms. The van der Waals surface area contributed by atoms with Gasteiger partial charge in [-0.05, 0) is 30.7 Å². The Morgan fingerprint density at radius 2 is 2.11 bits per heavy atom. The van der Waals surface area contributed by atoms with Crippen LogP contribution in [-0.2, 0) is 0 Å². The molecule has 3 aromatic rings. The average molecular weight is 256 g/mol. The van der Waals surface area contributed by atoms with E-state index in [1.54, 1.807) is 30.8 Å². The molecule has 2 heterocycles. The molecule has 0 aliphatic rings. The summed E-state index contributed by atoms with van der Waals surface area (Å²) in [4.78, 5) is 8.59. The number of thiazole rings is 1. The highest BCUT2D eigenvalue weighted by atomic mass is 32.1. The van der Waals surface area contributed by atoms with Gasteiger partial charge in [0.1, 0.15) is 5.75 Å². The van der Waals surface area contributed by atoms with Gasteiger partial charge in [-0.2, -0.15) is 0 Å². The van der Waals surface area contributed by atoms with E-state index in [9.17, 15) is 0 Å². The fourth-order valence-corrected chi connectivity index (χ4v) is 2.80. The molecule has 0 aliphatic heterocycles. The van der Waals surface area contributed by atoms with E-state index >= 15 is 0 Å². The normalized spacial score (nSPS) is 10.8. The van der Waals surface area contributed by atoms with Crippen molar-refractivity contribution in [2.75, 3.05) is 7.11 Å². The molecule has 3 nitrogen and oxygen atoms in total. The topological polar surface area (TPSA) is 35.0 Å². The Kier molecular flexibility index (Phi) is 2.72. The Labute approximate surface area is 109 Å². The van der Waals surface area contributed by atoms with Crippen molar-refractivity contribution >= 4 is 21.6 Å². The molecule has 3 rings (SSSR count). The zero-order valence-corrected chi connectivity index (χ0v) is 11.0. The van der Waals surface area contributed by atoms with Gasteiger partial charge in [0.15, 0.2) is 0 Å². The molecule has 0 aliphatic carbocycles. The van der Waals surface area contributed by atoms with Gasteiger partial charge in [0, 0.05) is 11.8 Å². The number of pyridine rings is 1. The first-order chi connectivity index (χ1) is 8.78. The van der Waals surface area contributed by atoms with Crippen molar-refractivity contribution in [2.45, 2.75) is 6.92 Å². The summed E-state index contributed by atoms with van der Waals surface area (Å²) in [5, 5.41) is 1.09. The van der Waals surface area contributed by atoms with Crippen LogP contribution in [0.15, 0.2) is 36.7 Å². The SMILES string of the molecule is COc1cnccc1-c1ccc2sc(C)nc2c1. The molecule has 0 bridgehead atoms. The summed E-state index contributed by atoms with van der Waals surface area (Å²) in [6.45, 7) is 2.03. The lowest BCUT2D eigenvalue weighted by Gasteiger charge is -2.07. The number of benzene rings is 1. The number of nitrogens with zero attached hydrogens (tertiary/aromatic N) is 2. The third-order valence-electron chi connectivity index (χ3n) is 2.81. The summed E-state index contributed by atoms with van der Waals surface area (Å²) in [6.07, 6.45) is 3.50. The van der Waals surface area contributed by atoms with Gasteiger partial charge in [0.25, 0.3) is 0 Å². The molecule has 0 fully saturated rings. The third-order valence-corrected chi connectivity index (χ3v) is 3.76. The highest BCUT2D eigenvalue weighted by molar-refractivity contribution is 7.18. The first-order valence-electron chi connectivity index (χ1n) is 5.63. The van der Waals surface area contributed by atoms with Gasteiger partial charge in [0.05, 0.1) is 28.5 Å². The van der Waals surface area contributed by atoms with Crippen LogP contribution in [-0.4, -0.2) is 17.1 Å². The van der Waals surface area contributed by atoms with Gasteiger partial charge in [-0.15, -0.1) is 11.3 Å². The van der Waals surface area contributed by atoms with Crippen molar-refractivity contribution in [2.24, 2.45) is 0 Å². The molecule has 0 spiro atoms. The minimum absolute atomic E-state index is 0.781. The summed E-state index contributed by atoms with van der Waals surface area (Å²) in [5.74, 6) is 0.781. The molecular formula is C14H12N2OS. The van der Waals surface area contributed by atoms with Crippen molar-refractivity contribution < 1.29 is 4.74 Å². The van der Waals surface area contributed by atoms with Gasteiger partial charge >= 0.3 is 0 Å². The summed E-state index contributed by atoms with van der Waals surface area (Å²) in [7, 11) is 1.66. The van der Waals surface area contributed by atoms with E-state index in [2.05, 4.69) is 28.2 Å². The van der Waals surface area contributed by atoms with Crippen molar-refractivity contribution in [1.82, 2.24) is 9.97 Å². The molecule has 0 N–H and O–H groups in total. The van der Waals surface area contributed by atoms with E-state index in [0.717, 1.165) is 27.4 Å². The van der Waals surface area contributed by atoms with Gasteiger partial charge in [-0.25, -0.2) is 4.98 Å². The first-order valence-corrected chi connectivity index (χ1v) is 6.45. The standard InChI is InChI=1S/C14H12N2OS/c1-9-16-12-7-10(3-4-14(12)18-9)11-5-6-15-8-13(11)17-2/h3-8H,1-2H3. The molecule has 0 amide bonds. The Hall–Kier alpha value is -1.94. The van der Waals surface area contributed by atoms with Crippen LogP contribution in [0.1, 0.15) is 5.01 Å². The number of aromatic nitrogens is 2.